The second-order valence-corrected chi connectivity index (χ2v) is 7.48. The van der Waals surface area contributed by atoms with Crippen molar-refractivity contribution >= 4 is 0 Å². The molecule has 6 nitrogen and oxygen atoms in total. The molecule has 0 spiro atoms. The lowest BCUT2D eigenvalue weighted by molar-refractivity contribution is -0.144. The van der Waals surface area contributed by atoms with Crippen LogP contribution in [-0.4, -0.2) is 36.6 Å². The van der Waals surface area contributed by atoms with E-state index in [0.717, 1.165) is 16.7 Å². The van der Waals surface area contributed by atoms with Crippen molar-refractivity contribution in [3.8, 4) is 0 Å². The summed E-state index contributed by atoms with van der Waals surface area (Å²) in [5, 5.41) is 13.9. The monoisotopic (exact) mass is 435 g/mol. The Hall–Kier alpha value is -2.90. The van der Waals surface area contributed by atoms with Crippen LogP contribution in [0.1, 0.15) is 16.7 Å². The van der Waals surface area contributed by atoms with Gasteiger partial charge in [-0.05, 0) is 16.7 Å². The summed E-state index contributed by atoms with van der Waals surface area (Å²) in [6.07, 6.45) is -2.50. The SMILES string of the molecule is O=NC[C@H](OCc1ccccc1)[C@@H](OCc1ccccc1)[C@@H](O)COCc1ccccc1. The minimum absolute atomic E-state index is 0.0401. The standard InChI is InChI=1S/C26H29NO5/c28-24(20-30-17-21-10-4-1-5-11-21)26(32-19-23-14-8-3-9-15-23)25(16-27-29)31-18-22-12-6-2-7-13-22/h1-15,24-26,28H,16-20H2/t24-,25-,26-/m0/s1. The van der Waals surface area contributed by atoms with Gasteiger partial charge in [-0.3, -0.25) is 0 Å². The first-order valence-electron chi connectivity index (χ1n) is 10.7. The van der Waals surface area contributed by atoms with Crippen LogP contribution in [0.15, 0.2) is 96.2 Å². The molecule has 0 heterocycles. The van der Waals surface area contributed by atoms with Crippen LogP contribution in [0, 0.1) is 4.91 Å². The second kappa shape index (κ2) is 13.5. The van der Waals surface area contributed by atoms with Crippen molar-refractivity contribution in [1.29, 1.82) is 0 Å². The smallest absolute Gasteiger partial charge is 0.114 e. The number of nitroso groups, excluding NO2 is 1. The van der Waals surface area contributed by atoms with Gasteiger partial charge in [0.2, 0.25) is 0 Å². The Morgan fingerprint density at radius 1 is 0.688 bits per heavy atom. The quantitative estimate of drug-likeness (QED) is 0.377. The van der Waals surface area contributed by atoms with E-state index >= 15 is 0 Å². The minimum Gasteiger partial charge on any atom is -0.388 e. The van der Waals surface area contributed by atoms with E-state index in [9.17, 15) is 10.0 Å². The van der Waals surface area contributed by atoms with Gasteiger partial charge in [0.1, 0.15) is 24.9 Å². The molecule has 0 aliphatic heterocycles. The summed E-state index contributed by atoms with van der Waals surface area (Å²) in [4.78, 5) is 11.1. The van der Waals surface area contributed by atoms with Gasteiger partial charge in [0.25, 0.3) is 0 Å². The Bertz CT molecular complexity index is 892. The van der Waals surface area contributed by atoms with Crippen molar-refractivity contribution < 1.29 is 19.3 Å². The molecule has 0 radical (unpaired) electrons. The zero-order valence-electron chi connectivity index (χ0n) is 18.0. The normalized spacial score (nSPS) is 13.9. The molecular formula is C26H29NO5. The minimum atomic E-state index is -0.995. The zero-order valence-corrected chi connectivity index (χ0v) is 18.0. The van der Waals surface area contributed by atoms with Crippen molar-refractivity contribution in [1.82, 2.24) is 0 Å². The van der Waals surface area contributed by atoms with Gasteiger partial charge in [0, 0.05) is 0 Å². The van der Waals surface area contributed by atoms with Crippen LogP contribution < -0.4 is 0 Å². The van der Waals surface area contributed by atoms with Crippen LogP contribution in [0.3, 0.4) is 0 Å². The van der Waals surface area contributed by atoms with Crippen LogP contribution in [0.25, 0.3) is 0 Å². The summed E-state index contributed by atoms with van der Waals surface area (Å²) in [6.45, 7) is 0.820. The Kier molecular flexibility index (Phi) is 10.0. The van der Waals surface area contributed by atoms with Crippen LogP contribution in [0.5, 0.6) is 0 Å². The van der Waals surface area contributed by atoms with E-state index in [1.807, 2.05) is 91.0 Å². The van der Waals surface area contributed by atoms with Crippen LogP contribution in [-0.2, 0) is 34.0 Å². The fourth-order valence-corrected chi connectivity index (χ4v) is 3.30. The first-order chi connectivity index (χ1) is 15.8. The third kappa shape index (κ3) is 7.98. The number of aliphatic hydroxyl groups is 1. The number of hydrogen-bond donors (Lipinski definition) is 1. The van der Waals surface area contributed by atoms with Crippen LogP contribution in [0.4, 0.5) is 0 Å². The predicted octanol–water partition coefficient (Wildman–Crippen LogP) is 4.50. The molecule has 0 fully saturated rings. The maximum Gasteiger partial charge on any atom is 0.114 e. The van der Waals surface area contributed by atoms with Crippen molar-refractivity contribution in [2.75, 3.05) is 13.2 Å². The van der Waals surface area contributed by atoms with Crippen molar-refractivity contribution in [3.63, 3.8) is 0 Å². The molecule has 6 heteroatoms. The molecule has 1 N–H and O–H groups in total. The lowest BCUT2D eigenvalue weighted by Gasteiger charge is -2.30. The first kappa shape index (κ1) is 23.8. The van der Waals surface area contributed by atoms with Crippen molar-refractivity contribution in [3.05, 3.63) is 113 Å². The average Bonchev–Trinajstić information content (AvgIpc) is 2.84. The van der Waals surface area contributed by atoms with E-state index in [1.54, 1.807) is 0 Å². The molecule has 0 aliphatic carbocycles. The van der Waals surface area contributed by atoms with Gasteiger partial charge in [0.05, 0.1) is 26.4 Å². The van der Waals surface area contributed by atoms with Crippen LogP contribution in [0.2, 0.25) is 0 Å². The number of ether oxygens (including phenoxy) is 3. The number of nitrogens with zero attached hydrogens (tertiary/aromatic N) is 1. The molecule has 0 unspecified atom stereocenters. The summed E-state index contributed by atoms with van der Waals surface area (Å²) >= 11 is 0. The van der Waals surface area contributed by atoms with Gasteiger partial charge < -0.3 is 19.3 Å². The topological polar surface area (TPSA) is 77.4 Å². The lowest BCUT2D eigenvalue weighted by atomic mass is 10.1. The van der Waals surface area contributed by atoms with Crippen LogP contribution >= 0.6 is 0 Å². The second-order valence-electron chi connectivity index (χ2n) is 7.48. The summed E-state index contributed by atoms with van der Waals surface area (Å²) < 4.78 is 17.7. The highest BCUT2D eigenvalue weighted by molar-refractivity contribution is 5.15. The Morgan fingerprint density at radius 3 is 1.66 bits per heavy atom. The molecule has 0 bridgehead atoms. The maximum absolute atomic E-state index is 11.1. The lowest BCUT2D eigenvalue weighted by Crippen LogP contribution is -2.45. The fraction of sp³-hybridized carbons (Fsp3) is 0.308. The van der Waals surface area contributed by atoms with Gasteiger partial charge in [0.15, 0.2) is 0 Å². The van der Waals surface area contributed by atoms with Gasteiger partial charge in [-0.2, -0.15) is 4.91 Å². The first-order valence-corrected chi connectivity index (χ1v) is 10.7. The zero-order chi connectivity index (χ0) is 22.4. The third-order valence-corrected chi connectivity index (χ3v) is 4.99. The van der Waals surface area contributed by atoms with Crippen molar-refractivity contribution in [2.45, 2.75) is 38.1 Å². The van der Waals surface area contributed by atoms with E-state index in [0.29, 0.717) is 6.61 Å². The predicted molar refractivity (Wildman–Crippen MR) is 123 cm³/mol. The molecule has 0 amide bonds. The molecule has 0 aliphatic rings. The van der Waals surface area contributed by atoms with E-state index in [-0.39, 0.29) is 26.4 Å². The molecule has 0 saturated heterocycles. The summed E-state index contributed by atoms with van der Waals surface area (Å²) in [7, 11) is 0. The Morgan fingerprint density at radius 2 is 1.16 bits per heavy atom. The molecule has 0 aromatic heterocycles. The Balaban J connectivity index is 1.65. The summed E-state index contributed by atoms with van der Waals surface area (Å²) in [6, 6.07) is 29.0. The molecule has 3 rings (SSSR count). The van der Waals surface area contributed by atoms with Gasteiger partial charge >= 0.3 is 0 Å². The summed E-state index contributed by atoms with van der Waals surface area (Å²) in [5.41, 5.74) is 2.92. The van der Waals surface area contributed by atoms with E-state index in [4.69, 9.17) is 14.2 Å². The molecule has 3 atom stereocenters. The highest BCUT2D eigenvalue weighted by Gasteiger charge is 2.31. The molecule has 168 valence electrons. The Labute approximate surface area is 188 Å². The highest BCUT2D eigenvalue weighted by atomic mass is 16.6. The fourth-order valence-electron chi connectivity index (χ4n) is 3.30. The number of hydrogen-bond acceptors (Lipinski definition) is 6. The van der Waals surface area contributed by atoms with E-state index < -0.39 is 18.3 Å². The van der Waals surface area contributed by atoms with E-state index in [1.165, 1.54) is 0 Å². The number of aliphatic hydroxyl groups excluding tert-OH is 1. The highest BCUT2D eigenvalue weighted by Crippen LogP contribution is 2.16. The van der Waals surface area contributed by atoms with Gasteiger partial charge in [-0.15, -0.1) is 0 Å². The number of rotatable bonds is 14. The average molecular weight is 436 g/mol. The summed E-state index contributed by atoms with van der Waals surface area (Å²) in [5.74, 6) is 0. The molecule has 32 heavy (non-hydrogen) atoms. The van der Waals surface area contributed by atoms with Gasteiger partial charge in [-0.25, -0.2) is 0 Å². The maximum atomic E-state index is 11.1. The van der Waals surface area contributed by atoms with Crippen molar-refractivity contribution in [2.24, 2.45) is 5.18 Å². The number of benzene rings is 3. The van der Waals surface area contributed by atoms with Gasteiger partial charge in [-0.1, -0.05) is 96.2 Å². The molecular weight excluding hydrogens is 406 g/mol. The molecule has 3 aromatic rings. The molecule has 3 aromatic carbocycles. The third-order valence-electron chi connectivity index (χ3n) is 4.99. The van der Waals surface area contributed by atoms with E-state index in [2.05, 4.69) is 5.18 Å². The molecule has 0 saturated carbocycles. The largest absolute Gasteiger partial charge is 0.388 e.